The predicted molar refractivity (Wildman–Crippen MR) is 108 cm³/mol. The molecule has 0 aliphatic heterocycles. The highest BCUT2D eigenvalue weighted by Gasteiger charge is 2.11. The Bertz CT molecular complexity index is 1020. The van der Waals surface area contributed by atoms with Crippen LogP contribution in [0.3, 0.4) is 0 Å². The minimum atomic E-state index is -0.633. The molecule has 0 saturated heterocycles. The van der Waals surface area contributed by atoms with Crippen molar-refractivity contribution in [3.05, 3.63) is 86.1 Å². The van der Waals surface area contributed by atoms with E-state index >= 15 is 0 Å². The van der Waals surface area contributed by atoms with Gasteiger partial charge in [0.2, 0.25) is 0 Å². The van der Waals surface area contributed by atoms with Gasteiger partial charge in [-0.15, -0.1) is 0 Å². The zero-order valence-corrected chi connectivity index (χ0v) is 16.9. The van der Waals surface area contributed by atoms with E-state index in [0.29, 0.717) is 27.7 Å². The number of carbonyl (C=O) groups is 1. The van der Waals surface area contributed by atoms with Crippen molar-refractivity contribution in [3.8, 4) is 0 Å². The van der Waals surface area contributed by atoms with E-state index in [-0.39, 0.29) is 5.84 Å². The molecule has 9 heteroatoms. The van der Waals surface area contributed by atoms with Crippen LogP contribution < -0.4 is 5.73 Å². The molecule has 0 spiro atoms. The van der Waals surface area contributed by atoms with Crippen LogP contribution >= 0.6 is 39.1 Å². The summed E-state index contributed by atoms with van der Waals surface area (Å²) in [6.07, 6.45) is 3.53. The molecule has 6 nitrogen and oxygen atoms in total. The quantitative estimate of drug-likeness (QED) is 0.259. The van der Waals surface area contributed by atoms with Crippen LogP contribution in [0.15, 0.2) is 64.5 Å². The molecule has 0 aliphatic rings. The first kappa shape index (κ1) is 19.4. The van der Waals surface area contributed by atoms with Crippen molar-refractivity contribution in [2.45, 2.75) is 6.54 Å². The number of aromatic nitrogens is 2. The number of halogens is 3. The molecule has 2 aromatic carbocycles. The van der Waals surface area contributed by atoms with E-state index in [1.807, 2.05) is 12.3 Å². The summed E-state index contributed by atoms with van der Waals surface area (Å²) in [6.45, 7) is 0.512. The molecule has 0 atom stereocenters. The van der Waals surface area contributed by atoms with Crippen molar-refractivity contribution in [2.24, 2.45) is 10.9 Å². The van der Waals surface area contributed by atoms with Crippen LogP contribution in [0.4, 0.5) is 0 Å². The van der Waals surface area contributed by atoms with Crippen LogP contribution in [0.25, 0.3) is 0 Å². The van der Waals surface area contributed by atoms with Gasteiger partial charge in [0.1, 0.15) is 0 Å². The monoisotopic (exact) mass is 466 g/mol. The van der Waals surface area contributed by atoms with Crippen molar-refractivity contribution in [2.75, 3.05) is 0 Å². The van der Waals surface area contributed by atoms with Crippen LogP contribution in [-0.2, 0) is 11.4 Å². The first-order valence-electron chi connectivity index (χ1n) is 7.69. The van der Waals surface area contributed by atoms with Crippen LogP contribution in [0.1, 0.15) is 21.5 Å². The average Bonchev–Trinajstić information content (AvgIpc) is 3.04. The van der Waals surface area contributed by atoms with Crippen LogP contribution in [0.5, 0.6) is 0 Å². The summed E-state index contributed by atoms with van der Waals surface area (Å²) >= 11 is 15.2. The molecule has 0 unspecified atom stereocenters. The van der Waals surface area contributed by atoms with Crippen molar-refractivity contribution in [3.63, 3.8) is 0 Å². The van der Waals surface area contributed by atoms with Crippen LogP contribution in [-0.4, -0.2) is 21.6 Å². The summed E-state index contributed by atoms with van der Waals surface area (Å²) in [5, 5.41) is 8.64. The lowest BCUT2D eigenvalue weighted by atomic mass is 10.1. The van der Waals surface area contributed by atoms with Gasteiger partial charge in [-0.05, 0) is 51.8 Å². The van der Waals surface area contributed by atoms with Gasteiger partial charge in [0.15, 0.2) is 5.84 Å². The number of rotatable bonds is 5. The summed E-state index contributed by atoms with van der Waals surface area (Å²) in [7, 11) is 0. The van der Waals surface area contributed by atoms with Gasteiger partial charge in [0.25, 0.3) is 0 Å². The zero-order chi connectivity index (χ0) is 19.4. The molecule has 1 heterocycles. The summed E-state index contributed by atoms with van der Waals surface area (Å²) in [6, 6.07) is 11.7. The standard InChI is InChI=1S/C18H13BrCl2N4O2/c19-13-8-23-25(10-13)9-11-2-1-3-12(6-11)18(26)27-24-17(22)15-5-4-14(20)7-16(15)21/h1-8,10H,9H2,(H2,22,24). The number of hydrogen-bond acceptors (Lipinski definition) is 4. The molecule has 2 N–H and O–H groups in total. The minimum absolute atomic E-state index is 0.0254. The molecule has 0 aliphatic carbocycles. The lowest BCUT2D eigenvalue weighted by molar-refractivity contribution is 0.0516. The Morgan fingerprint density at radius 1 is 1.26 bits per heavy atom. The molecule has 0 saturated carbocycles. The molecular weight excluding hydrogens is 455 g/mol. The van der Waals surface area contributed by atoms with E-state index in [2.05, 4.69) is 26.2 Å². The lowest BCUT2D eigenvalue weighted by Gasteiger charge is -2.05. The number of carbonyl (C=O) groups excluding carboxylic acids is 1. The van der Waals surface area contributed by atoms with E-state index < -0.39 is 5.97 Å². The smallest absolute Gasteiger partial charge is 0.365 e. The third-order valence-electron chi connectivity index (χ3n) is 3.54. The summed E-state index contributed by atoms with van der Waals surface area (Å²) in [5.74, 6) is -0.658. The Morgan fingerprint density at radius 3 is 2.78 bits per heavy atom. The van der Waals surface area contributed by atoms with Gasteiger partial charge in [-0.2, -0.15) is 5.10 Å². The van der Waals surface area contributed by atoms with Gasteiger partial charge in [0.05, 0.1) is 27.8 Å². The minimum Gasteiger partial charge on any atom is -0.380 e. The first-order chi connectivity index (χ1) is 12.9. The number of benzene rings is 2. The third-order valence-corrected chi connectivity index (χ3v) is 4.50. The number of nitrogens with zero attached hydrogens (tertiary/aromatic N) is 3. The second-order valence-electron chi connectivity index (χ2n) is 5.54. The Morgan fingerprint density at radius 2 is 2.07 bits per heavy atom. The maximum Gasteiger partial charge on any atom is 0.365 e. The molecule has 0 fully saturated rings. The number of hydrogen-bond donors (Lipinski definition) is 1. The molecule has 3 rings (SSSR count). The van der Waals surface area contributed by atoms with Gasteiger partial charge in [-0.25, -0.2) is 4.79 Å². The number of oxime groups is 1. The second kappa shape index (κ2) is 8.56. The summed E-state index contributed by atoms with van der Waals surface area (Å²) in [5.41, 5.74) is 7.49. The maximum atomic E-state index is 12.3. The van der Waals surface area contributed by atoms with E-state index in [4.69, 9.17) is 33.8 Å². The fourth-order valence-electron chi connectivity index (χ4n) is 2.30. The van der Waals surface area contributed by atoms with Crippen LogP contribution in [0.2, 0.25) is 10.0 Å². The van der Waals surface area contributed by atoms with E-state index in [0.717, 1.165) is 10.0 Å². The Hall–Kier alpha value is -2.35. The van der Waals surface area contributed by atoms with E-state index in [9.17, 15) is 4.79 Å². The summed E-state index contributed by atoms with van der Waals surface area (Å²) < 4.78 is 2.62. The zero-order valence-electron chi connectivity index (χ0n) is 13.8. The van der Waals surface area contributed by atoms with Crippen molar-refractivity contribution < 1.29 is 9.63 Å². The van der Waals surface area contributed by atoms with Crippen LogP contribution in [0, 0.1) is 0 Å². The van der Waals surface area contributed by atoms with E-state index in [1.165, 1.54) is 6.07 Å². The predicted octanol–water partition coefficient (Wildman–Crippen LogP) is 4.48. The number of amidine groups is 1. The second-order valence-corrected chi connectivity index (χ2v) is 7.30. The van der Waals surface area contributed by atoms with Crippen molar-refractivity contribution in [1.29, 1.82) is 0 Å². The normalized spacial score (nSPS) is 11.4. The highest BCUT2D eigenvalue weighted by molar-refractivity contribution is 9.10. The Labute approximate surface area is 173 Å². The van der Waals surface area contributed by atoms with Gasteiger partial charge < -0.3 is 10.6 Å². The van der Waals surface area contributed by atoms with Crippen molar-refractivity contribution in [1.82, 2.24) is 9.78 Å². The van der Waals surface area contributed by atoms with Crippen molar-refractivity contribution >= 4 is 50.9 Å². The largest absolute Gasteiger partial charge is 0.380 e. The molecule has 1 aromatic heterocycles. The van der Waals surface area contributed by atoms with Gasteiger partial charge >= 0.3 is 5.97 Å². The Balaban J connectivity index is 1.71. The fourth-order valence-corrected chi connectivity index (χ4v) is 3.13. The molecule has 0 bridgehead atoms. The summed E-state index contributed by atoms with van der Waals surface area (Å²) in [4.78, 5) is 17.2. The first-order valence-corrected chi connectivity index (χ1v) is 9.24. The molecule has 27 heavy (non-hydrogen) atoms. The van der Waals surface area contributed by atoms with Gasteiger partial charge in [-0.3, -0.25) is 4.68 Å². The molecule has 0 radical (unpaired) electrons. The van der Waals surface area contributed by atoms with Gasteiger partial charge in [0, 0.05) is 16.8 Å². The molecule has 0 amide bonds. The number of nitrogens with two attached hydrogens (primary N) is 1. The lowest BCUT2D eigenvalue weighted by Crippen LogP contribution is -2.16. The SMILES string of the molecule is N/C(=N\OC(=O)c1cccc(Cn2cc(Br)cn2)c1)c1ccc(Cl)cc1Cl. The maximum absolute atomic E-state index is 12.3. The highest BCUT2D eigenvalue weighted by atomic mass is 79.9. The molecule has 3 aromatic rings. The van der Waals surface area contributed by atoms with Gasteiger partial charge in [-0.1, -0.05) is 40.5 Å². The third kappa shape index (κ3) is 5.09. The Kier molecular flexibility index (Phi) is 6.15. The molecule has 138 valence electrons. The molecular formula is C18H13BrCl2N4O2. The fraction of sp³-hybridized carbons (Fsp3) is 0.0556. The topological polar surface area (TPSA) is 82.5 Å². The average molecular weight is 468 g/mol. The van der Waals surface area contributed by atoms with E-state index in [1.54, 1.807) is 41.2 Å². The highest BCUT2D eigenvalue weighted by Crippen LogP contribution is 2.21.